The number of fused-ring (bicyclic) bond motifs is 2. The van der Waals surface area contributed by atoms with Gasteiger partial charge in [0, 0.05) is 13.1 Å². The highest BCUT2D eigenvalue weighted by molar-refractivity contribution is 5.82. The van der Waals surface area contributed by atoms with E-state index in [1.807, 2.05) is 25.1 Å². The highest BCUT2D eigenvalue weighted by atomic mass is 16.5. The molecule has 1 aliphatic heterocycles. The van der Waals surface area contributed by atoms with E-state index in [1.54, 1.807) is 19.8 Å². The SMILES string of the molecule is COc1ccc(C)cc1O[C@@H]1C[C@@H]2CN(c3ncnc4nc[nH]c34)C[C@@H]2C[C@H]1O. The molecule has 2 N–H and O–H groups in total. The van der Waals surface area contributed by atoms with Gasteiger partial charge in [-0.1, -0.05) is 6.07 Å². The Bertz CT molecular complexity index is 1020. The molecule has 4 atom stereocenters. The van der Waals surface area contributed by atoms with Crippen molar-refractivity contribution in [3.63, 3.8) is 0 Å². The molecule has 1 saturated carbocycles. The number of H-pyrrole nitrogens is 1. The summed E-state index contributed by atoms with van der Waals surface area (Å²) in [5, 5.41) is 10.8. The van der Waals surface area contributed by atoms with Crippen molar-refractivity contribution < 1.29 is 14.6 Å². The molecule has 0 amide bonds. The summed E-state index contributed by atoms with van der Waals surface area (Å²) in [7, 11) is 1.64. The van der Waals surface area contributed by atoms with Gasteiger partial charge in [0.15, 0.2) is 23.0 Å². The maximum atomic E-state index is 10.8. The summed E-state index contributed by atoms with van der Waals surface area (Å²) < 4.78 is 11.7. The lowest BCUT2D eigenvalue weighted by Gasteiger charge is -2.35. The molecule has 3 heterocycles. The fourth-order valence-electron chi connectivity index (χ4n) is 4.72. The molecule has 2 aliphatic rings. The number of nitrogens with one attached hydrogen (secondary N) is 1. The number of aromatic nitrogens is 4. The first-order valence-corrected chi connectivity index (χ1v) is 10.0. The van der Waals surface area contributed by atoms with E-state index in [4.69, 9.17) is 9.47 Å². The second-order valence-electron chi connectivity index (χ2n) is 8.07. The lowest BCUT2D eigenvalue weighted by molar-refractivity contribution is -0.0240. The number of aliphatic hydroxyl groups is 1. The van der Waals surface area contributed by atoms with Crippen LogP contribution in [0.4, 0.5) is 5.82 Å². The Morgan fingerprint density at radius 3 is 2.76 bits per heavy atom. The third kappa shape index (κ3) is 3.27. The molecule has 0 spiro atoms. The molecule has 2 fully saturated rings. The van der Waals surface area contributed by atoms with Crippen LogP contribution >= 0.6 is 0 Å². The Kier molecular flexibility index (Phi) is 4.50. The van der Waals surface area contributed by atoms with Gasteiger partial charge in [-0.15, -0.1) is 0 Å². The molecule has 5 rings (SSSR count). The number of hydrogen-bond acceptors (Lipinski definition) is 7. The largest absolute Gasteiger partial charge is 0.493 e. The fraction of sp³-hybridized carbons (Fsp3) is 0.476. The van der Waals surface area contributed by atoms with Gasteiger partial charge in [-0.25, -0.2) is 15.0 Å². The van der Waals surface area contributed by atoms with Gasteiger partial charge in [-0.3, -0.25) is 0 Å². The van der Waals surface area contributed by atoms with Crippen LogP contribution in [0.3, 0.4) is 0 Å². The average Bonchev–Trinajstić information content (AvgIpc) is 3.35. The number of methoxy groups -OCH3 is 1. The van der Waals surface area contributed by atoms with E-state index in [1.165, 1.54) is 0 Å². The van der Waals surface area contributed by atoms with Crippen LogP contribution in [0.15, 0.2) is 30.9 Å². The van der Waals surface area contributed by atoms with Crippen molar-refractivity contribution in [3.05, 3.63) is 36.4 Å². The number of imidazole rings is 1. The molecule has 152 valence electrons. The molecular formula is C21H25N5O3. The number of hydrogen-bond donors (Lipinski definition) is 2. The summed E-state index contributed by atoms with van der Waals surface area (Å²) in [4.78, 5) is 18.4. The van der Waals surface area contributed by atoms with Gasteiger partial charge < -0.3 is 24.5 Å². The maximum Gasteiger partial charge on any atom is 0.182 e. The summed E-state index contributed by atoms with van der Waals surface area (Å²) >= 11 is 0. The highest BCUT2D eigenvalue weighted by Gasteiger charge is 2.43. The topological polar surface area (TPSA) is 96.4 Å². The number of nitrogens with zero attached hydrogens (tertiary/aromatic N) is 4. The fourth-order valence-corrected chi connectivity index (χ4v) is 4.72. The van der Waals surface area contributed by atoms with E-state index in [0.717, 1.165) is 42.8 Å². The summed E-state index contributed by atoms with van der Waals surface area (Å²) in [5.74, 6) is 3.12. The van der Waals surface area contributed by atoms with Gasteiger partial charge in [0.25, 0.3) is 0 Å². The van der Waals surface area contributed by atoms with Gasteiger partial charge in [0.1, 0.15) is 17.9 Å². The zero-order valence-electron chi connectivity index (χ0n) is 16.6. The molecule has 3 aromatic rings. The van der Waals surface area contributed by atoms with E-state index < -0.39 is 6.10 Å². The first-order valence-electron chi connectivity index (χ1n) is 10.0. The second kappa shape index (κ2) is 7.18. The number of rotatable bonds is 4. The smallest absolute Gasteiger partial charge is 0.182 e. The minimum atomic E-state index is -0.501. The van der Waals surface area contributed by atoms with Crippen molar-refractivity contribution >= 4 is 17.0 Å². The average molecular weight is 395 g/mol. The number of ether oxygens (including phenoxy) is 2. The van der Waals surface area contributed by atoms with Crippen molar-refractivity contribution in [3.8, 4) is 11.5 Å². The number of benzene rings is 1. The first kappa shape index (κ1) is 18.2. The molecule has 29 heavy (non-hydrogen) atoms. The van der Waals surface area contributed by atoms with Crippen molar-refractivity contribution in [1.82, 2.24) is 19.9 Å². The van der Waals surface area contributed by atoms with E-state index in [2.05, 4.69) is 24.8 Å². The molecule has 8 heteroatoms. The Labute approximate surface area is 168 Å². The Morgan fingerprint density at radius 2 is 1.93 bits per heavy atom. The molecule has 0 unspecified atom stereocenters. The molecule has 1 aromatic carbocycles. The summed E-state index contributed by atoms with van der Waals surface area (Å²) in [6, 6.07) is 5.87. The molecule has 2 aromatic heterocycles. The maximum absolute atomic E-state index is 10.8. The molecule has 8 nitrogen and oxygen atoms in total. The van der Waals surface area contributed by atoms with E-state index in [0.29, 0.717) is 29.0 Å². The zero-order valence-corrected chi connectivity index (χ0v) is 16.6. The van der Waals surface area contributed by atoms with Gasteiger partial charge in [-0.2, -0.15) is 0 Å². The number of anilines is 1. The molecule has 0 radical (unpaired) electrons. The summed E-state index contributed by atoms with van der Waals surface area (Å²) in [6.45, 7) is 3.77. The van der Waals surface area contributed by atoms with Crippen LogP contribution in [0.25, 0.3) is 11.2 Å². The normalized spacial score (nSPS) is 26.5. The Balaban J connectivity index is 1.34. The molecule has 0 bridgehead atoms. The van der Waals surface area contributed by atoms with Crippen molar-refractivity contribution in [2.24, 2.45) is 11.8 Å². The van der Waals surface area contributed by atoms with Crippen molar-refractivity contribution in [2.45, 2.75) is 32.0 Å². The van der Waals surface area contributed by atoms with Crippen LogP contribution in [-0.4, -0.2) is 57.4 Å². The lowest BCUT2D eigenvalue weighted by Crippen LogP contribution is -2.42. The van der Waals surface area contributed by atoms with Gasteiger partial charge in [-0.05, 0) is 49.3 Å². The first-order chi connectivity index (χ1) is 14.1. The number of aryl methyl sites for hydroxylation is 1. The van der Waals surface area contributed by atoms with E-state index >= 15 is 0 Å². The number of aromatic amines is 1. The number of aliphatic hydroxyl groups excluding tert-OH is 1. The third-order valence-electron chi connectivity index (χ3n) is 6.18. The molecule has 1 saturated heterocycles. The van der Waals surface area contributed by atoms with Gasteiger partial charge >= 0.3 is 0 Å². The minimum absolute atomic E-state index is 0.246. The van der Waals surface area contributed by atoms with Crippen LogP contribution in [0, 0.1) is 18.8 Å². The lowest BCUT2D eigenvalue weighted by atomic mass is 9.78. The van der Waals surface area contributed by atoms with Gasteiger partial charge in [0.05, 0.1) is 19.5 Å². The zero-order chi connectivity index (χ0) is 20.0. The van der Waals surface area contributed by atoms with Crippen LogP contribution in [0.2, 0.25) is 0 Å². The summed E-state index contributed by atoms with van der Waals surface area (Å²) in [5.41, 5.74) is 2.64. The third-order valence-corrected chi connectivity index (χ3v) is 6.18. The van der Waals surface area contributed by atoms with E-state index in [-0.39, 0.29) is 6.10 Å². The van der Waals surface area contributed by atoms with Gasteiger partial charge in [0.2, 0.25) is 0 Å². The standard InChI is InChI=1S/C21H25N5O3/c1-12-3-4-16(28-2)18(5-12)29-17-7-14-9-26(8-13(14)6-15(17)27)21-19-20(23-10-22-19)24-11-25-21/h3-5,10-11,13-15,17,27H,6-9H2,1-2H3,(H,22,23,24,25)/t13-,14+,15+,17+/m0/s1. The Morgan fingerprint density at radius 1 is 1.10 bits per heavy atom. The Hall–Kier alpha value is -2.87. The highest BCUT2D eigenvalue weighted by Crippen LogP contribution is 2.41. The van der Waals surface area contributed by atoms with Crippen molar-refractivity contribution in [2.75, 3.05) is 25.1 Å². The minimum Gasteiger partial charge on any atom is -0.493 e. The monoisotopic (exact) mass is 395 g/mol. The van der Waals surface area contributed by atoms with Crippen LogP contribution in [0.5, 0.6) is 11.5 Å². The predicted molar refractivity (Wildman–Crippen MR) is 108 cm³/mol. The van der Waals surface area contributed by atoms with Crippen LogP contribution in [0.1, 0.15) is 18.4 Å². The van der Waals surface area contributed by atoms with Crippen molar-refractivity contribution in [1.29, 1.82) is 0 Å². The van der Waals surface area contributed by atoms with E-state index in [9.17, 15) is 5.11 Å². The predicted octanol–water partition coefficient (Wildman–Crippen LogP) is 2.32. The molecule has 1 aliphatic carbocycles. The second-order valence-corrected chi connectivity index (χ2v) is 8.07. The van der Waals surface area contributed by atoms with Crippen LogP contribution in [-0.2, 0) is 0 Å². The quantitative estimate of drug-likeness (QED) is 0.700. The van der Waals surface area contributed by atoms with Crippen LogP contribution < -0.4 is 14.4 Å². The molecular weight excluding hydrogens is 370 g/mol. The summed E-state index contributed by atoms with van der Waals surface area (Å²) in [6.07, 6.45) is 3.98.